The van der Waals surface area contributed by atoms with Crippen LogP contribution in [0.2, 0.25) is 0 Å². The van der Waals surface area contributed by atoms with Crippen LogP contribution in [0.3, 0.4) is 0 Å². The number of ether oxygens (including phenoxy) is 1. The van der Waals surface area contributed by atoms with E-state index in [4.69, 9.17) is 4.74 Å². The molecule has 1 fully saturated rings. The molecule has 5 heteroatoms. The predicted molar refractivity (Wildman–Crippen MR) is 119 cm³/mol. The Kier molecular flexibility index (Phi) is 6.94. The van der Waals surface area contributed by atoms with Crippen molar-refractivity contribution in [1.29, 1.82) is 0 Å². The standard InChI is InChI=1S/C25H33FN2O2/c1-6-18-12-17-28(23(22(18)7-2)19-8-10-20(26)11-9-19)24(29)25(3,4)30-21-13-15-27(5)16-14-21/h6-11,21,23H,1-2,12-17H2,3-5H3/t23-/m0/s1. The largest absolute Gasteiger partial charge is 0.362 e. The van der Waals surface area contributed by atoms with E-state index in [-0.39, 0.29) is 23.9 Å². The number of carbonyl (C=O) groups is 1. The van der Waals surface area contributed by atoms with Gasteiger partial charge in [-0.3, -0.25) is 4.79 Å². The Bertz CT molecular complexity index is 820. The molecule has 162 valence electrons. The molecule has 2 aliphatic heterocycles. The number of halogens is 1. The molecule has 0 aromatic heterocycles. The maximum Gasteiger partial charge on any atom is 0.255 e. The summed E-state index contributed by atoms with van der Waals surface area (Å²) in [5.74, 6) is -0.357. The minimum absolute atomic E-state index is 0.0572. The Labute approximate surface area is 179 Å². The number of piperidine rings is 1. The summed E-state index contributed by atoms with van der Waals surface area (Å²) in [4.78, 5) is 17.8. The van der Waals surface area contributed by atoms with Crippen molar-refractivity contribution < 1.29 is 13.9 Å². The minimum Gasteiger partial charge on any atom is -0.362 e. The quantitative estimate of drug-likeness (QED) is 0.681. The van der Waals surface area contributed by atoms with E-state index < -0.39 is 5.60 Å². The van der Waals surface area contributed by atoms with Gasteiger partial charge in [0.25, 0.3) is 5.91 Å². The average molecular weight is 413 g/mol. The Morgan fingerprint density at radius 1 is 1.13 bits per heavy atom. The second-order valence-corrected chi connectivity index (χ2v) is 8.72. The van der Waals surface area contributed by atoms with Gasteiger partial charge in [-0.1, -0.05) is 37.4 Å². The van der Waals surface area contributed by atoms with Gasteiger partial charge < -0.3 is 14.5 Å². The molecule has 1 saturated heterocycles. The summed E-state index contributed by atoms with van der Waals surface area (Å²) in [6, 6.07) is 6.00. The van der Waals surface area contributed by atoms with E-state index in [1.54, 1.807) is 18.2 Å². The Balaban J connectivity index is 1.90. The molecule has 0 unspecified atom stereocenters. The molecule has 1 amide bonds. The van der Waals surface area contributed by atoms with Crippen molar-refractivity contribution >= 4 is 5.91 Å². The van der Waals surface area contributed by atoms with Crippen LogP contribution in [0.4, 0.5) is 4.39 Å². The number of rotatable bonds is 6. The fourth-order valence-corrected chi connectivity index (χ4v) is 4.46. The topological polar surface area (TPSA) is 32.8 Å². The first-order valence-corrected chi connectivity index (χ1v) is 10.7. The van der Waals surface area contributed by atoms with Gasteiger partial charge in [-0.05, 0) is 69.0 Å². The Morgan fingerprint density at radius 3 is 2.33 bits per heavy atom. The number of likely N-dealkylation sites (tertiary alicyclic amines) is 1. The van der Waals surface area contributed by atoms with Crippen molar-refractivity contribution in [2.75, 3.05) is 26.7 Å². The monoisotopic (exact) mass is 412 g/mol. The summed E-state index contributed by atoms with van der Waals surface area (Å²) in [6.07, 6.45) is 6.25. The molecule has 0 bridgehead atoms. The number of carbonyl (C=O) groups excluding carboxylic acids is 1. The van der Waals surface area contributed by atoms with Crippen molar-refractivity contribution in [2.45, 2.75) is 50.9 Å². The zero-order valence-electron chi connectivity index (χ0n) is 18.4. The SMILES string of the molecule is C=CC1=C(C=C)[C@H](c2ccc(F)cc2)N(C(=O)C(C)(C)OC2CCN(C)CC2)CC1. The molecule has 0 aliphatic carbocycles. The molecule has 1 atom stereocenters. The van der Waals surface area contributed by atoms with Gasteiger partial charge in [-0.2, -0.15) is 0 Å². The summed E-state index contributed by atoms with van der Waals surface area (Å²) < 4.78 is 19.9. The van der Waals surface area contributed by atoms with Crippen LogP contribution < -0.4 is 0 Å². The number of amides is 1. The second kappa shape index (κ2) is 9.27. The first-order valence-electron chi connectivity index (χ1n) is 10.7. The maximum absolute atomic E-state index is 13.7. The predicted octanol–water partition coefficient (Wildman–Crippen LogP) is 4.66. The summed E-state index contributed by atoms with van der Waals surface area (Å²) in [5.41, 5.74) is 1.91. The van der Waals surface area contributed by atoms with Crippen LogP contribution in [0, 0.1) is 5.82 Å². The van der Waals surface area contributed by atoms with Crippen LogP contribution in [0.25, 0.3) is 0 Å². The fourth-order valence-electron chi connectivity index (χ4n) is 4.46. The lowest BCUT2D eigenvalue weighted by Crippen LogP contribution is -2.52. The van der Waals surface area contributed by atoms with E-state index >= 15 is 0 Å². The zero-order chi connectivity index (χ0) is 21.9. The van der Waals surface area contributed by atoms with E-state index in [0.717, 1.165) is 42.6 Å². The molecule has 2 heterocycles. The Morgan fingerprint density at radius 2 is 1.77 bits per heavy atom. The molecule has 1 aromatic rings. The lowest BCUT2D eigenvalue weighted by atomic mass is 9.86. The molecule has 3 rings (SSSR count). The molecule has 4 nitrogen and oxygen atoms in total. The third kappa shape index (κ3) is 4.73. The van der Waals surface area contributed by atoms with Gasteiger partial charge in [0.15, 0.2) is 0 Å². The summed E-state index contributed by atoms with van der Waals surface area (Å²) in [7, 11) is 2.11. The summed E-state index contributed by atoms with van der Waals surface area (Å²) in [5, 5.41) is 0. The lowest BCUT2D eigenvalue weighted by molar-refractivity contribution is -0.166. The van der Waals surface area contributed by atoms with Crippen LogP contribution >= 0.6 is 0 Å². The first kappa shape index (κ1) is 22.4. The van der Waals surface area contributed by atoms with Crippen molar-refractivity contribution in [2.24, 2.45) is 0 Å². The lowest BCUT2D eigenvalue weighted by Gasteiger charge is -2.43. The van der Waals surface area contributed by atoms with Gasteiger partial charge >= 0.3 is 0 Å². The summed E-state index contributed by atoms with van der Waals surface area (Å²) in [6.45, 7) is 14.1. The van der Waals surface area contributed by atoms with Crippen molar-refractivity contribution in [3.05, 3.63) is 72.1 Å². The molecule has 0 saturated carbocycles. The number of hydrogen-bond acceptors (Lipinski definition) is 3. The van der Waals surface area contributed by atoms with E-state index in [1.165, 1.54) is 12.1 Å². The molecular weight excluding hydrogens is 379 g/mol. The molecule has 30 heavy (non-hydrogen) atoms. The van der Waals surface area contributed by atoms with Gasteiger partial charge in [-0.15, -0.1) is 0 Å². The van der Waals surface area contributed by atoms with Gasteiger partial charge in [0, 0.05) is 19.6 Å². The number of nitrogens with zero attached hydrogens (tertiary/aromatic N) is 2. The third-order valence-electron chi connectivity index (χ3n) is 6.15. The zero-order valence-corrected chi connectivity index (χ0v) is 18.4. The van der Waals surface area contributed by atoms with E-state index in [1.807, 2.05) is 24.8 Å². The normalized spacial score (nSPS) is 21.6. The van der Waals surface area contributed by atoms with Crippen LogP contribution in [0.1, 0.15) is 44.7 Å². The van der Waals surface area contributed by atoms with E-state index in [9.17, 15) is 9.18 Å². The molecule has 2 aliphatic rings. The molecule has 0 N–H and O–H groups in total. The van der Waals surface area contributed by atoms with Crippen molar-refractivity contribution in [1.82, 2.24) is 9.80 Å². The number of hydrogen-bond donors (Lipinski definition) is 0. The molecule has 0 spiro atoms. The maximum atomic E-state index is 13.7. The average Bonchev–Trinajstić information content (AvgIpc) is 2.74. The van der Waals surface area contributed by atoms with Crippen LogP contribution in [-0.4, -0.2) is 54.1 Å². The number of benzene rings is 1. The van der Waals surface area contributed by atoms with Gasteiger partial charge in [-0.25, -0.2) is 4.39 Å². The highest BCUT2D eigenvalue weighted by molar-refractivity contribution is 5.85. The second-order valence-electron chi connectivity index (χ2n) is 8.72. The first-order chi connectivity index (χ1) is 14.3. The van der Waals surface area contributed by atoms with Gasteiger partial charge in [0.2, 0.25) is 0 Å². The highest BCUT2D eigenvalue weighted by atomic mass is 19.1. The molecule has 1 aromatic carbocycles. The van der Waals surface area contributed by atoms with Crippen LogP contribution in [0.15, 0.2) is 60.7 Å². The molecule has 0 radical (unpaired) electrons. The van der Waals surface area contributed by atoms with E-state index in [0.29, 0.717) is 13.0 Å². The van der Waals surface area contributed by atoms with Crippen LogP contribution in [-0.2, 0) is 9.53 Å². The third-order valence-corrected chi connectivity index (χ3v) is 6.15. The smallest absolute Gasteiger partial charge is 0.255 e. The summed E-state index contributed by atoms with van der Waals surface area (Å²) >= 11 is 0. The van der Waals surface area contributed by atoms with E-state index in [2.05, 4.69) is 25.1 Å². The van der Waals surface area contributed by atoms with Crippen LogP contribution in [0.5, 0.6) is 0 Å². The highest BCUT2D eigenvalue weighted by Crippen LogP contribution is 2.39. The highest BCUT2D eigenvalue weighted by Gasteiger charge is 2.41. The Hall–Kier alpha value is -2.24. The van der Waals surface area contributed by atoms with Gasteiger partial charge in [0.05, 0.1) is 12.1 Å². The van der Waals surface area contributed by atoms with Gasteiger partial charge in [0.1, 0.15) is 11.4 Å². The van der Waals surface area contributed by atoms with Crippen molar-refractivity contribution in [3.63, 3.8) is 0 Å². The number of allylic oxidation sites excluding steroid dienone is 1. The molecular formula is C25H33FN2O2. The fraction of sp³-hybridized carbons (Fsp3) is 0.480. The van der Waals surface area contributed by atoms with Crippen molar-refractivity contribution in [3.8, 4) is 0 Å². The minimum atomic E-state index is -0.948.